The first-order valence-electron chi connectivity index (χ1n) is 8.97. The van der Waals surface area contributed by atoms with Gasteiger partial charge in [-0.3, -0.25) is 0 Å². The van der Waals surface area contributed by atoms with Gasteiger partial charge in [0, 0.05) is 6.08 Å². The summed E-state index contributed by atoms with van der Waals surface area (Å²) >= 11 is 0. The topological polar surface area (TPSA) is 26.3 Å². The zero-order chi connectivity index (χ0) is 16.9. The highest BCUT2D eigenvalue weighted by Gasteiger charge is 2.34. The van der Waals surface area contributed by atoms with Crippen LogP contribution < -0.4 is 0 Å². The van der Waals surface area contributed by atoms with Crippen LogP contribution in [0.15, 0.2) is 47.6 Å². The maximum Gasteiger partial charge on any atom is 0.330 e. The summed E-state index contributed by atoms with van der Waals surface area (Å²) < 4.78 is 4.91. The first kappa shape index (κ1) is 16.8. The lowest BCUT2D eigenvalue weighted by atomic mass is 9.93. The Balaban J connectivity index is 1.61. The van der Waals surface area contributed by atoms with Gasteiger partial charge in [-0.05, 0) is 68.1 Å². The van der Waals surface area contributed by atoms with Crippen molar-refractivity contribution in [1.82, 2.24) is 0 Å². The Hall–Kier alpha value is -2.09. The van der Waals surface area contributed by atoms with Crippen LogP contribution in [-0.4, -0.2) is 12.6 Å². The third-order valence-electron chi connectivity index (χ3n) is 5.05. The number of ether oxygens (including phenoxy) is 1. The highest BCUT2D eigenvalue weighted by atomic mass is 16.5. The predicted molar refractivity (Wildman–Crippen MR) is 99.3 cm³/mol. The molecule has 0 heterocycles. The van der Waals surface area contributed by atoms with Gasteiger partial charge < -0.3 is 4.74 Å². The highest BCUT2D eigenvalue weighted by molar-refractivity contribution is 5.83. The second-order valence-electron chi connectivity index (χ2n) is 6.94. The number of carbonyl (C=O) groups excluding carboxylic acids is 1. The van der Waals surface area contributed by atoms with Gasteiger partial charge in [0.1, 0.15) is 0 Å². The van der Waals surface area contributed by atoms with E-state index in [1.807, 2.05) is 26.0 Å². The van der Waals surface area contributed by atoms with E-state index in [0.717, 1.165) is 23.0 Å². The van der Waals surface area contributed by atoms with Gasteiger partial charge in [-0.2, -0.15) is 0 Å². The van der Waals surface area contributed by atoms with Gasteiger partial charge in [0.15, 0.2) is 0 Å². The minimum absolute atomic E-state index is 0.285. The van der Waals surface area contributed by atoms with Gasteiger partial charge in [-0.25, -0.2) is 4.79 Å². The summed E-state index contributed by atoms with van der Waals surface area (Å²) in [5, 5.41) is 0. The lowest BCUT2D eigenvalue weighted by Crippen LogP contribution is -1.99. The van der Waals surface area contributed by atoms with Crippen LogP contribution in [0.25, 0.3) is 12.2 Å². The van der Waals surface area contributed by atoms with Crippen molar-refractivity contribution in [3.63, 3.8) is 0 Å². The molecule has 0 N–H and O–H groups in total. The first-order chi connectivity index (χ1) is 11.6. The Morgan fingerprint density at radius 1 is 1.21 bits per heavy atom. The normalized spacial score (nSPS) is 24.9. The largest absolute Gasteiger partial charge is 0.463 e. The van der Waals surface area contributed by atoms with Crippen LogP contribution in [0.5, 0.6) is 0 Å². The molecule has 0 radical (unpaired) electrons. The Labute approximate surface area is 144 Å². The summed E-state index contributed by atoms with van der Waals surface area (Å²) in [6.07, 6.45) is 13.4. The Bertz CT molecular complexity index is 676. The van der Waals surface area contributed by atoms with Crippen LogP contribution in [0, 0.1) is 11.8 Å². The van der Waals surface area contributed by atoms with Gasteiger partial charge >= 0.3 is 5.97 Å². The Morgan fingerprint density at radius 3 is 2.58 bits per heavy atom. The van der Waals surface area contributed by atoms with E-state index in [4.69, 9.17) is 4.74 Å². The Kier molecular flexibility index (Phi) is 5.34. The molecule has 3 rings (SSSR count). The third kappa shape index (κ3) is 4.25. The quantitative estimate of drug-likeness (QED) is 0.411. The van der Waals surface area contributed by atoms with Crippen molar-refractivity contribution >= 4 is 18.1 Å². The molecule has 0 saturated heterocycles. The van der Waals surface area contributed by atoms with E-state index >= 15 is 0 Å². The monoisotopic (exact) mass is 322 g/mol. The maximum absolute atomic E-state index is 11.4. The van der Waals surface area contributed by atoms with Crippen LogP contribution >= 0.6 is 0 Å². The standard InChI is InChI=1S/C22H26O2/c1-3-24-22(23)12-16(2)4-5-17-6-8-18(9-7-17)13-21-15-19-10-11-20(21)14-19/h4-9,12-13,19-20H,3,10-11,14-15H2,1-2H3. The van der Waals surface area contributed by atoms with Crippen LogP contribution in [0.1, 0.15) is 50.7 Å². The maximum atomic E-state index is 11.4. The second-order valence-corrected chi connectivity index (χ2v) is 6.94. The number of benzene rings is 1. The smallest absolute Gasteiger partial charge is 0.330 e. The third-order valence-corrected chi connectivity index (χ3v) is 5.05. The molecule has 2 atom stereocenters. The van der Waals surface area contributed by atoms with E-state index in [-0.39, 0.29) is 5.97 Å². The molecule has 126 valence electrons. The summed E-state index contributed by atoms with van der Waals surface area (Å²) in [5.74, 6) is 1.52. The van der Waals surface area contributed by atoms with Crippen molar-refractivity contribution in [3.05, 3.63) is 58.7 Å². The van der Waals surface area contributed by atoms with Gasteiger partial charge in [0.05, 0.1) is 6.61 Å². The molecule has 2 nitrogen and oxygen atoms in total. The molecule has 0 aliphatic heterocycles. The van der Waals surface area contributed by atoms with Crippen LogP contribution in [0.4, 0.5) is 0 Å². The average molecular weight is 322 g/mol. The van der Waals surface area contributed by atoms with Crippen molar-refractivity contribution in [2.24, 2.45) is 11.8 Å². The van der Waals surface area contributed by atoms with E-state index < -0.39 is 0 Å². The lowest BCUT2D eigenvalue weighted by Gasteiger charge is -2.13. The van der Waals surface area contributed by atoms with E-state index in [1.165, 1.54) is 37.3 Å². The molecule has 1 aromatic rings. The fourth-order valence-corrected chi connectivity index (χ4v) is 3.84. The molecular weight excluding hydrogens is 296 g/mol. The first-order valence-corrected chi connectivity index (χ1v) is 8.97. The molecule has 2 heteroatoms. The number of fused-ring (bicyclic) bond motifs is 2. The summed E-state index contributed by atoms with van der Waals surface area (Å²) in [6.45, 7) is 4.12. The summed E-state index contributed by atoms with van der Waals surface area (Å²) in [4.78, 5) is 11.4. The average Bonchev–Trinajstić information content (AvgIpc) is 3.17. The number of hydrogen-bond donors (Lipinski definition) is 0. The van der Waals surface area contributed by atoms with Gasteiger partial charge in [-0.15, -0.1) is 0 Å². The fourth-order valence-electron chi connectivity index (χ4n) is 3.84. The SMILES string of the molecule is CCOC(=O)C=C(C)C=Cc1ccc(C=C2CC3CCC2C3)cc1. The molecule has 0 aromatic heterocycles. The molecule has 2 fully saturated rings. The molecule has 2 bridgehead atoms. The number of allylic oxidation sites excluding steroid dienone is 3. The molecule has 24 heavy (non-hydrogen) atoms. The van der Waals surface area contributed by atoms with E-state index in [0.29, 0.717) is 6.61 Å². The van der Waals surface area contributed by atoms with Gasteiger partial charge in [0.25, 0.3) is 0 Å². The van der Waals surface area contributed by atoms with Crippen LogP contribution in [-0.2, 0) is 9.53 Å². The highest BCUT2D eigenvalue weighted by Crippen LogP contribution is 2.48. The van der Waals surface area contributed by atoms with Crippen molar-refractivity contribution < 1.29 is 9.53 Å². The van der Waals surface area contributed by atoms with Crippen molar-refractivity contribution in [2.75, 3.05) is 6.61 Å². The van der Waals surface area contributed by atoms with Crippen molar-refractivity contribution in [2.45, 2.75) is 39.5 Å². The number of carbonyl (C=O) groups is 1. The molecule has 2 aliphatic rings. The molecule has 2 unspecified atom stereocenters. The minimum atomic E-state index is -0.285. The summed E-state index contributed by atoms with van der Waals surface area (Å²) in [6, 6.07) is 8.63. The number of esters is 1. The molecular formula is C22H26O2. The predicted octanol–water partition coefficient (Wildman–Crippen LogP) is 5.41. The number of rotatable bonds is 5. The number of hydrogen-bond acceptors (Lipinski definition) is 2. The van der Waals surface area contributed by atoms with Gasteiger partial charge in [0.2, 0.25) is 0 Å². The zero-order valence-electron chi connectivity index (χ0n) is 14.6. The second kappa shape index (κ2) is 7.65. The molecule has 2 saturated carbocycles. The molecule has 0 spiro atoms. The van der Waals surface area contributed by atoms with Crippen LogP contribution in [0.2, 0.25) is 0 Å². The van der Waals surface area contributed by atoms with Crippen molar-refractivity contribution in [3.8, 4) is 0 Å². The minimum Gasteiger partial charge on any atom is -0.463 e. The van der Waals surface area contributed by atoms with Crippen molar-refractivity contribution in [1.29, 1.82) is 0 Å². The van der Waals surface area contributed by atoms with E-state index in [9.17, 15) is 4.79 Å². The zero-order valence-corrected chi connectivity index (χ0v) is 14.6. The summed E-state index contributed by atoms with van der Waals surface area (Å²) in [7, 11) is 0. The summed E-state index contributed by atoms with van der Waals surface area (Å²) in [5.41, 5.74) is 4.99. The Morgan fingerprint density at radius 2 is 1.96 bits per heavy atom. The molecule has 0 amide bonds. The van der Waals surface area contributed by atoms with E-state index in [2.05, 4.69) is 30.3 Å². The van der Waals surface area contributed by atoms with E-state index in [1.54, 1.807) is 5.57 Å². The molecule has 1 aromatic carbocycles. The lowest BCUT2D eigenvalue weighted by molar-refractivity contribution is -0.137. The molecule has 2 aliphatic carbocycles. The van der Waals surface area contributed by atoms with Gasteiger partial charge in [-0.1, -0.05) is 48.1 Å². The fraction of sp³-hybridized carbons (Fsp3) is 0.409. The van der Waals surface area contributed by atoms with Crippen LogP contribution in [0.3, 0.4) is 0 Å².